The molecule has 0 amide bonds. The molecule has 0 bridgehead atoms. The summed E-state index contributed by atoms with van der Waals surface area (Å²) in [5, 5.41) is 10.1. The molecule has 0 radical (unpaired) electrons. The van der Waals surface area contributed by atoms with Crippen molar-refractivity contribution in [2.75, 3.05) is 18.0 Å². The molecule has 2 fully saturated rings. The van der Waals surface area contributed by atoms with E-state index in [1.807, 2.05) is 24.3 Å². The standard InChI is InChI=1S/C25H23N5/c1-16-18(14-26)23-28-19-9-5-6-10-20(19)30(23)24(22(16)17-7-3-2-4-8-17)29-12-11-25(15-29)13-21(25)27/h2-10,21H,11-13,15,27H2,1H3/t21-,25-/m0/s1. The van der Waals surface area contributed by atoms with Gasteiger partial charge in [0.05, 0.1) is 16.6 Å². The third kappa shape index (κ3) is 2.28. The SMILES string of the molecule is Cc1c(-c2ccccc2)c(N2CC[C@]3(C[C@@H]3N)C2)n2c(nc3ccccc32)c1C#N. The summed E-state index contributed by atoms with van der Waals surface area (Å²) in [7, 11) is 0. The highest BCUT2D eigenvalue weighted by atomic mass is 15.3. The molecule has 148 valence electrons. The largest absolute Gasteiger partial charge is 0.357 e. The Bertz CT molecular complexity index is 1350. The first-order chi connectivity index (χ1) is 14.6. The van der Waals surface area contributed by atoms with Crippen LogP contribution in [-0.2, 0) is 0 Å². The van der Waals surface area contributed by atoms with Gasteiger partial charge < -0.3 is 10.6 Å². The number of para-hydroxylation sites is 2. The van der Waals surface area contributed by atoms with E-state index in [4.69, 9.17) is 10.7 Å². The van der Waals surface area contributed by atoms with Gasteiger partial charge in [-0.2, -0.15) is 5.26 Å². The van der Waals surface area contributed by atoms with Crippen molar-refractivity contribution in [1.82, 2.24) is 9.38 Å². The smallest absolute Gasteiger partial charge is 0.157 e. The predicted molar refractivity (Wildman–Crippen MR) is 119 cm³/mol. The van der Waals surface area contributed by atoms with E-state index in [2.05, 4.69) is 52.6 Å². The van der Waals surface area contributed by atoms with Gasteiger partial charge in [0.1, 0.15) is 11.9 Å². The van der Waals surface area contributed by atoms with Crippen molar-refractivity contribution in [3.8, 4) is 17.2 Å². The number of hydrogen-bond donors (Lipinski definition) is 1. The molecule has 2 atom stereocenters. The highest BCUT2D eigenvalue weighted by Gasteiger charge is 2.56. The first-order valence-electron chi connectivity index (χ1n) is 10.5. The van der Waals surface area contributed by atoms with Crippen molar-refractivity contribution < 1.29 is 0 Å². The number of imidazole rings is 1. The fraction of sp³-hybridized carbons (Fsp3) is 0.280. The first kappa shape index (κ1) is 17.5. The molecule has 0 unspecified atom stereocenters. The number of fused-ring (bicyclic) bond motifs is 3. The summed E-state index contributed by atoms with van der Waals surface area (Å²) in [6.45, 7) is 3.99. The Morgan fingerprint density at radius 3 is 2.57 bits per heavy atom. The average Bonchev–Trinajstić information content (AvgIpc) is 3.08. The minimum Gasteiger partial charge on any atom is -0.357 e. The van der Waals surface area contributed by atoms with E-state index in [1.165, 1.54) is 0 Å². The van der Waals surface area contributed by atoms with Gasteiger partial charge >= 0.3 is 0 Å². The summed E-state index contributed by atoms with van der Waals surface area (Å²) in [6.07, 6.45) is 2.23. The summed E-state index contributed by atoms with van der Waals surface area (Å²) in [5.41, 5.74) is 13.1. The van der Waals surface area contributed by atoms with Crippen LogP contribution in [0, 0.1) is 23.7 Å². The number of nitriles is 1. The summed E-state index contributed by atoms with van der Waals surface area (Å²) in [5.74, 6) is 1.14. The van der Waals surface area contributed by atoms with Crippen molar-refractivity contribution in [1.29, 1.82) is 5.26 Å². The number of hydrogen-bond acceptors (Lipinski definition) is 4. The summed E-state index contributed by atoms with van der Waals surface area (Å²) >= 11 is 0. The molecular formula is C25H23N5. The fourth-order valence-corrected chi connectivity index (χ4v) is 5.29. The number of aromatic nitrogens is 2. The van der Waals surface area contributed by atoms with Crippen LogP contribution in [0.25, 0.3) is 27.8 Å². The van der Waals surface area contributed by atoms with E-state index in [-0.39, 0.29) is 5.41 Å². The molecule has 5 nitrogen and oxygen atoms in total. The number of anilines is 1. The first-order valence-corrected chi connectivity index (χ1v) is 10.5. The Morgan fingerprint density at radius 1 is 1.13 bits per heavy atom. The monoisotopic (exact) mass is 393 g/mol. The third-order valence-electron chi connectivity index (χ3n) is 7.08. The summed E-state index contributed by atoms with van der Waals surface area (Å²) in [6, 6.07) is 21.3. The molecule has 2 N–H and O–H groups in total. The van der Waals surface area contributed by atoms with Gasteiger partial charge in [0.2, 0.25) is 0 Å². The normalized spacial score (nSPS) is 22.8. The van der Waals surface area contributed by atoms with E-state index < -0.39 is 0 Å². The topological polar surface area (TPSA) is 70.3 Å². The van der Waals surface area contributed by atoms with E-state index in [9.17, 15) is 5.26 Å². The molecule has 5 heteroatoms. The lowest BCUT2D eigenvalue weighted by atomic mass is 9.97. The highest BCUT2D eigenvalue weighted by Crippen LogP contribution is 2.53. The van der Waals surface area contributed by atoms with Gasteiger partial charge in [-0.05, 0) is 43.0 Å². The Morgan fingerprint density at radius 2 is 1.87 bits per heavy atom. The van der Waals surface area contributed by atoms with Crippen LogP contribution >= 0.6 is 0 Å². The van der Waals surface area contributed by atoms with Gasteiger partial charge in [0, 0.05) is 30.1 Å². The lowest BCUT2D eigenvalue weighted by Gasteiger charge is -2.26. The quantitative estimate of drug-likeness (QED) is 0.552. The third-order valence-corrected chi connectivity index (χ3v) is 7.08. The molecule has 30 heavy (non-hydrogen) atoms. The van der Waals surface area contributed by atoms with E-state index in [0.29, 0.717) is 11.6 Å². The minimum atomic E-state index is 0.248. The van der Waals surface area contributed by atoms with Crippen LogP contribution in [0.3, 0.4) is 0 Å². The van der Waals surface area contributed by atoms with Crippen LogP contribution in [0.15, 0.2) is 54.6 Å². The molecule has 3 heterocycles. The molecule has 1 spiro atoms. The lowest BCUT2D eigenvalue weighted by Crippen LogP contribution is -2.26. The maximum Gasteiger partial charge on any atom is 0.157 e. The number of pyridine rings is 1. The van der Waals surface area contributed by atoms with E-state index in [0.717, 1.165) is 65.1 Å². The molecule has 1 aliphatic carbocycles. The fourth-order valence-electron chi connectivity index (χ4n) is 5.29. The number of benzene rings is 2. The van der Waals surface area contributed by atoms with E-state index in [1.54, 1.807) is 0 Å². The van der Waals surface area contributed by atoms with Gasteiger partial charge in [-0.15, -0.1) is 0 Å². The Hall–Kier alpha value is -3.36. The van der Waals surface area contributed by atoms with Crippen LogP contribution in [-0.4, -0.2) is 28.5 Å². The Balaban J connectivity index is 1.74. The van der Waals surface area contributed by atoms with Gasteiger partial charge in [-0.25, -0.2) is 4.98 Å². The molecule has 1 saturated carbocycles. The molecule has 4 aromatic rings. The molecule has 2 aromatic heterocycles. The molecule has 2 aromatic carbocycles. The summed E-state index contributed by atoms with van der Waals surface area (Å²) < 4.78 is 2.20. The Kier molecular flexibility index (Phi) is 3.54. The highest BCUT2D eigenvalue weighted by molar-refractivity contribution is 5.92. The van der Waals surface area contributed by atoms with Gasteiger partial charge in [0.15, 0.2) is 5.65 Å². The number of nitrogens with two attached hydrogens (primary N) is 1. The van der Waals surface area contributed by atoms with Gasteiger partial charge in [-0.3, -0.25) is 4.40 Å². The van der Waals surface area contributed by atoms with Crippen LogP contribution in [0.4, 0.5) is 5.82 Å². The van der Waals surface area contributed by atoms with Crippen molar-refractivity contribution in [2.45, 2.75) is 25.8 Å². The maximum absolute atomic E-state index is 10.1. The van der Waals surface area contributed by atoms with Crippen molar-refractivity contribution in [3.63, 3.8) is 0 Å². The second kappa shape index (κ2) is 6.07. The maximum atomic E-state index is 10.1. The van der Waals surface area contributed by atoms with Crippen LogP contribution in [0.1, 0.15) is 24.0 Å². The molecule has 1 saturated heterocycles. The summed E-state index contributed by atoms with van der Waals surface area (Å²) in [4.78, 5) is 7.35. The van der Waals surface area contributed by atoms with Crippen molar-refractivity contribution in [3.05, 3.63) is 65.7 Å². The van der Waals surface area contributed by atoms with Crippen molar-refractivity contribution in [2.24, 2.45) is 11.1 Å². The van der Waals surface area contributed by atoms with Crippen LogP contribution in [0.5, 0.6) is 0 Å². The predicted octanol–water partition coefficient (Wildman–Crippen LogP) is 4.26. The zero-order chi connectivity index (χ0) is 20.5. The zero-order valence-corrected chi connectivity index (χ0v) is 17.0. The van der Waals surface area contributed by atoms with Gasteiger partial charge in [0.25, 0.3) is 0 Å². The number of nitrogens with zero attached hydrogens (tertiary/aromatic N) is 4. The molecule has 1 aliphatic heterocycles. The number of rotatable bonds is 2. The minimum absolute atomic E-state index is 0.248. The van der Waals surface area contributed by atoms with E-state index >= 15 is 0 Å². The second-order valence-corrected chi connectivity index (χ2v) is 8.78. The molecule has 2 aliphatic rings. The molecular weight excluding hydrogens is 370 g/mol. The average molecular weight is 393 g/mol. The lowest BCUT2D eigenvalue weighted by molar-refractivity contribution is 0.553. The van der Waals surface area contributed by atoms with Crippen LogP contribution in [0.2, 0.25) is 0 Å². The second-order valence-electron chi connectivity index (χ2n) is 8.78. The van der Waals surface area contributed by atoms with Crippen LogP contribution < -0.4 is 10.6 Å². The van der Waals surface area contributed by atoms with Crippen molar-refractivity contribution >= 4 is 22.5 Å². The zero-order valence-electron chi connectivity index (χ0n) is 17.0. The Labute approximate surface area is 175 Å². The molecule has 6 rings (SSSR count). The van der Waals surface area contributed by atoms with Gasteiger partial charge in [-0.1, -0.05) is 42.5 Å².